The highest BCUT2D eigenvalue weighted by Gasteiger charge is 2.12. The molecule has 0 aliphatic carbocycles. The monoisotopic (exact) mass is 324 g/mol. The Bertz CT molecular complexity index is 535. The molecule has 0 radical (unpaired) electrons. The molecule has 2 rings (SSSR count). The fourth-order valence-corrected chi connectivity index (χ4v) is 1.76. The predicted octanol–water partition coefficient (Wildman–Crippen LogP) is -1.10. The van der Waals surface area contributed by atoms with Gasteiger partial charge in [-0.2, -0.15) is 0 Å². The van der Waals surface area contributed by atoms with Crippen molar-refractivity contribution in [3.05, 3.63) is 48.0 Å². The van der Waals surface area contributed by atoms with E-state index >= 15 is 0 Å². The van der Waals surface area contributed by atoms with Gasteiger partial charge in [-0.3, -0.25) is 4.79 Å². The van der Waals surface area contributed by atoms with Gasteiger partial charge in [0.05, 0.1) is 6.61 Å². The normalized spacial score (nSPS) is 9.79. The average Bonchev–Trinajstić information content (AvgIpc) is 2.76. The molecule has 0 amide bonds. The summed E-state index contributed by atoms with van der Waals surface area (Å²) in [6.07, 6.45) is 3.68. The fraction of sp³-hybridized carbons (Fsp3) is 0.286. The zero-order valence-corrected chi connectivity index (χ0v) is 12.6. The van der Waals surface area contributed by atoms with Crippen LogP contribution in [0.5, 0.6) is 5.75 Å². The third-order valence-electron chi connectivity index (χ3n) is 2.78. The van der Waals surface area contributed by atoms with E-state index in [2.05, 4.69) is 4.98 Å². The molecule has 102 valence electrons. The number of imidazole rings is 1. The lowest BCUT2D eigenvalue weighted by atomic mass is 10.1. The highest BCUT2D eigenvalue weighted by atomic mass is 79.9. The van der Waals surface area contributed by atoms with Crippen LogP contribution in [0.3, 0.4) is 0 Å². The van der Waals surface area contributed by atoms with Crippen molar-refractivity contribution in [2.45, 2.75) is 20.4 Å². The summed E-state index contributed by atoms with van der Waals surface area (Å²) in [6, 6.07) is 7.25. The lowest BCUT2D eigenvalue weighted by Crippen LogP contribution is -3.00. The summed E-state index contributed by atoms with van der Waals surface area (Å²) >= 11 is 0. The minimum absolute atomic E-state index is 0. The van der Waals surface area contributed by atoms with Crippen molar-refractivity contribution in [1.82, 2.24) is 4.98 Å². The standard InChI is InChI=1S/C14H16N2O2.BrH/c1-3-18-13-6-4-12(5-7-13)14(17)10-16-9-8-15-11(16)2;/h4-9H,3,10H2,1-2H3;1H. The number of nitrogens with zero attached hydrogens (tertiary/aromatic N) is 1. The Hall–Kier alpha value is -1.62. The Labute approximate surface area is 123 Å². The molecule has 19 heavy (non-hydrogen) atoms. The number of carbonyl (C=O) groups is 1. The number of ether oxygens (including phenoxy) is 1. The van der Waals surface area contributed by atoms with Gasteiger partial charge in [0.1, 0.15) is 18.1 Å². The van der Waals surface area contributed by atoms with Crippen LogP contribution >= 0.6 is 0 Å². The van der Waals surface area contributed by atoms with Crippen molar-refractivity contribution in [2.24, 2.45) is 0 Å². The first kappa shape index (κ1) is 15.4. The average molecular weight is 325 g/mol. The van der Waals surface area contributed by atoms with Crippen LogP contribution in [0.1, 0.15) is 23.1 Å². The molecule has 5 heteroatoms. The number of Topliss-reactive ketones (excluding diaryl/α,β-unsaturated/α-hetero) is 1. The molecule has 1 N–H and O–H groups in total. The van der Waals surface area contributed by atoms with E-state index < -0.39 is 0 Å². The second kappa shape index (κ2) is 7.09. The lowest BCUT2D eigenvalue weighted by molar-refractivity contribution is -0.687. The maximum Gasteiger partial charge on any atom is 0.251 e. The minimum atomic E-state index is 0. The molecule has 4 nitrogen and oxygen atoms in total. The summed E-state index contributed by atoms with van der Waals surface area (Å²) < 4.78 is 7.23. The molecule has 2 aromatic rings. The van der Waals surface area contributed by atoms with Crippen molar-refractivity contribution in [2.75, 3.05) is 6.61 Å². The first-order chi connectivity index (χ1) is 8.70. The van der Waals surface area contributed by atoms with Crippen LogP contribution in [0.4, 0.5) is 0 Å². The molecule has 0 saturated heterocycles. The van der Waals surface area contributed by atoms with Crippen molar-refractivity contribution in [3.63, 3.8) is 0 Å². The van der Waals surface area contributed by atoms with Crippen LogP contribution in [0.25, 0.3) is 0 Å². The van der Waals surface area contributed by atoms with Gasteiger partial charge in [-0.25, -0.2) is 9.55 Å². The molecule has 0 atom stereocenters. The van der Waals surface area contributed by atoms with Gasteiger partial charge < -0.3 is 21.7 Å². The number of H-pyrrole nitrogens is 1. The van der Waals surface area contributed by atoms with Gasteiger partial charge in [0.15, 0.2) is 6.54 Å². The molecule has 0 aliphatic rings. The largest absolute Gasteiger partial charge is 1.00 e. The van der Waals surface area contributed by atoms with Gasteiger partial charge in [0, 0.05) is 12.5 Å². The summed E-state index contributed by atoms with van der Waals surface area (Å²) in [4.78, 5) is 15.1. The van der Waals surface area contributed by atoms with Crippen LogP contribution in [0, 0.1) is 6.92 Å². The smallest absolute Gasteiger partial charge is 0.251 e. The van der Waals surface area contributed by atoms with Crippen molar-refractivity contribution in [1.29, 1.82) is 0 Å². The number of aromatic amines is 1. The number of carbonyl (C=O) groups excluding carboxylic acids is 1. The number of aromatic nitrogens is 2. The Morgan fingerprint density at radius 2 is 2.00 bits per heavy atom. The van der Waals surface area contributed by atoms with Crippen molar-refractivity contribution in [3.8, 4) is 5.75 Å². The Morgan fingerprint density at radius 1 is 1.32 bits per heavy atom. The van der Waals surface area contributed by atoms with E-state index in [1.54, 1.807) is 12.1 Å². The number of hydrogen-bond donors (Lipinski definition) is 1. The lowest BCUT2D eigenvalue weighted by Gasteiger charge is -2.04. The van der Waals surface area contributed by atoms with E-state index in [9.17, 15) is 4.79 Å². The zero-order valence-electron chi connectivity index (χ0n) is 11.0. The Kier molecular flexibility index (Phi) is 5.76. The van der Waals surface area contributed by atoms with E-state index in [0.29, 0.717) is 18.7 Å². The van der Waals surface area contributed by atoms with E-state index in [1.165, 1.54) is 0 Å². The molecule has 0 spiro atoms. The second-order valence-corrected chi connectivity index (χ2v) is 4.05. The fourth-order valence-electron chi connectivity index (χ4n) is 1.76. The highest BCUT2D eigenvalue weighted by Crippen LogP contribution is 2.12. The third kappa shape index (κ3) is 3.92. The Balaban J connectivity index is 0.00000180. The summed E-state index contributed by atoms with van der Waals surface area (Å²) in [5.41, 5.74) is 0.701. The topological polar surface area (TPSA) is 46.0 Å². The number of rotatable bonds is 5. The summed E-state index contributed by atoms with van der Waals surface area (Å²) in [7, 11) is 0. The maximum atomic E-state index is 12.1. The van der Waals surface area contributed by atoms with E-state index in [4.69, 9.17) is 4.74 Å². The van der Waals surface area contributed by atoms with Gasteiger partial charge in [-0.1, -0.05) is 0 Å². The SMILES string of the molecule is CCOc1ccc(C(=O)C[n+]2cc[nH]c2C)cc1.[Br-]. The molecular weight excluding hydrogens is 308 g/mol. The number of nitrogens with one attached hydrogen (secondary N) is 1. The van der Waals surface area contributed by atoms with Crippen LogP contribution in [-0.2, 0) is 6.54 Å². The summed E-state index contributed by atoms with van der Waals surface area (Å²) in [5, 5.41) is 0. The van der Waals surface area contributed by atoms with Crippen molar-refractivity contribution < 1.29 is 31.1 Å². The van der Waals surface area contributed by atoms with Gasteiger partial charge in [-0.15, -0.1) is 0 Å². The van der Waals surface area contributed by atoms with Gasteiger partial charge in [0.2, 0.25) is 5.78 Å². The highest BCUT2D eigenvalue weighted by molar-refractivity contribution is 5.95. The van der Waals surface area contributed by atoms with Gasteiger partial charge in [-0.05, 0) is 31.2 Å². The number of ketones is 1. The van der Waals surface area contributed by atoms with Gasteiger partial charge >= 0.3 is 0 Å². The molecule has 1 aromatic carbocycles. The number of hydrogen-bond acceptors (Lipinski definition) is 2. The molecule has 0 fully saturated rings. The third-order valence-corrected chi connectivity index (χ3v) is 2.78. The van der Waals surface area contributed by atoms with Crippen LogP contribution in [0.15, 0.2) is 36.7 Å². The number of halogens is 1. The molecular formula is C14H17BrN2O2. The molecule has 0 aliphatic heterocycles. The minimum Gasteiger partial charge on any atom is -1.00 e. The molecule has 1 heterocycles. The summed E-state index contributed by atoms with van der Waals surface area (Å²) in [6.45, 7) is 4.85. The molecule has 0 unspecified atom stereocenters. The molecule has 1 aromatic heterocycles. The first-order valence-corrected chi connectivity index (χ1v) is 6.00. The zero-order chi connectivity index (χ0) is 13.0. The van der Waals surface area contributed by atoms with Crippen molar-refractivity contribution >= 4 is 5.78 Å². The molecule has 0 bridgehead atoms. The summed E-state index contributed by atoms with van der Waals surface area (Å²) in [5.74, 6) is 1.85. The maximum absolute atomic E-state index is 12.1. The van der Waals surface area contributed by atoms with Crippen LogP contribution in [-0.4, -0.2) is 17.4 Å². The first-order valence-electron chi connectivity index (χ1n) is 6.00. The second-order valence-electron chi connectivity index (χ2n) is 4.05. The van der Waals surface area contributed by atoms with Crippen LogP contribution in [0.2, 0.25) is 0 Å². The van der Waals surface area contributed by atoms with E-state index in [1.807, 2.05) is 42.9 Å². The Morgan fingerprint density at radius 3 is 2.53 bits per heavy atom. The quantitative estimate of drug-likeness (QED) is 0.560. The number of benzene rings is 1. The van der Waals surface area contributed by atoms with E-state index in [0.717, 1.165) is 11.6 Å². The van der Waals surface area contributed by atoms with Crippen LogP contribution < -0.4 is 26.3 Å². The van der Waals surface area contributed by atoms with E-state index in [-0.39, 0.29) is 22.8 Å². The molecule has 0 saturated carbocycles. The number of aryl methyl sites for hydroxylation is 1. The predicted molar refractivity (Wildman–Crippen MR) is 67.7 cm³/mol. The van der Waals surface area contributed by atoms with Gasteiger partial charge in [0.25, 0.3) is 5.82 Å².